The fraction of sp³-hybridized carbons (Fsp3) is 0.385. The van der Waals surface area contributed by atoms with Gasteiger partial charge in [-0.15, -0.1) is 0 Å². The first-order valence-electron chi connectivity index (χ1n) is 5.64. The molecule has 0 aliphatic rings. The lowest BCUT2D eigenvalue weighted by molar-refractivity contribution is 0.395. The van der Waals surface area contributed by atoms with Crippen LogP contribution < -0.4 is 0 Å². The van der Waals surface area contributed by atoms with E-state index in [1.54, 1.807) is 0 Å². The van der Waals surface area contributed by atoms with Crippen LogP contribution in [0.3, 0.4) is 0 Å². The lowest BCUT2D eigenvalue weighted by Gasteiger charge is -2.27. The molecule has 0 saturated carbocycles. The van der Waals surface area contributed by atoms with Gasteiger partial charge in [-0.25, -0.2) is 0 Å². The number of hydrogen-bond acceptors (Lipinski definition) is 2. The smallest absolute Gasteiger partial charge is 0.207 e. The van der Waals surface area contributed by atoms with Gasteiger partial charge in [-0.1, -0.05) is 24.6 Å². The highest BCUT2D eigenvalue weighted by Crippen LogP contribution is 2.28. The molecule has 0 spiro atoms. The second-order valence-corrected chi connectivity index (χ2v) is 5.20. The second-order valence-electron chi connectivity index (χ2n) is 3.94. The van der Waals surface area contributed by atoms with Crippen molar-refractivity contribution in [3.63, 3.8) is 0 Å². The lowest BCUT2D eigenvalue weighted by Crippen LogP contribution is -2.29. The maximum atomic E-state index is 8.66. The Bertz CT molecular complexity index is 493. The Morgan fingerprint density at radius 2 is 2.28 bits per heavy atom. The van der Waals surface area contributed by atoms with Crippen LogP contribution >= 0.6 is 27.5 Å². The lowest BCUT2D eigenvalue weighted by atomic mass is 10.1. The molecule has 0 fully saturated rings. The summed E-state index contributed by atoms with van der Waals surface area (Å²) in [6.45, 7) is 4.05. The van der Waals surface area contributed by atoms with Crippen LogP contribution in [0.2, 0.25) is 5.02 Å². The Labute approximate surface area is 121 Å². The third-order valence-electron chi connectivity index (χ3n) is 2.91. The summed E-state index contributed by atoms with van der Waals surface area (Å²) in [7, 11) is 1.94. The van der Waals surface area contributed by atoms with Crippen LogP contribution in [0, 0.1) is 11.5 Å². The highest BCUT2D eigenvalue weighted by Gasteiger charge is 2.15. The van der Waals surface area contributed by atoms with E-state index >= 15 is 0 Å². The van der Waals surface area contributed by atoms with Crippen LogP contribution in [0.5, 0.6) is 0 Å². The van der Waals surface area contributed by atoms with E-state index in [0.29, 0.717) is 5.02 Å². The standard InChI is InChI=1S/C13H15BrClN3/c1-4-13(17-8-16)18(3)9(2)10-5-6-12(15)11(14)7-10/h5-7,9H,4H2,1-3H3. The van der Waals surface area contributed by atoms with E-state index in [0.717, 1.165) is 22.3 Å². The molecule has 0 N–H and O–H groups in total. The zero-order valence-electron chi connectivity index (χ0n) is 10.6. The zero-order valence-corrected chi connectivity index (χ0v) is 13.0. The molecule has 0 aromatic heterocycles. The number of hydrogen-bond donors (Lipinski definition) is 0. The van der Waals surface area contributed by atoms with Gasteiger partial charge in [-0.2, -0.15) is 10.3 Å². The molecule has 0 aliphatic heterocycles. The van der Waals surface area contributed by atoms with E-state index in [2.05, 4.69) is 27.8 Å². The van der Waals surface area contributed by atoms with Gasteiger partial charge in [0, 0.05) is 17.9 Å². The molecule has 5 heteroatoms. The summed E-state index contributed by atoms with van der Waals surface area (Å²) in [5.41, 5.74) is 1.12. The summed E-state index contributed by atoms with van der Waals surface area (Å²) < 4.78 is 0.872. The Hall–Kier alpha value is -1.05. The summed E-state index contributed by atoms with van der Waals surface area (Å²) in [5.74, 6) is 0.774. The van der Waals surface area contributed by atoms with Gasteiger partial charge >= 0.3 is 0 Å². The van der Waals surface area contributed by atoms with Gasteiger partial charge in [-0.3, -0.25) is 0 Å². The van der Waals surface area contributed by atoms with Gasteiger partial charge in [-0.05, 0) is 40.5 Å². The number of amidine groups is 1. The van der Waals surface area contributed by atoms with Crippen molar-refractivity contribution in [1.29, 1.82) is 5.26 Å². The second kappa shape index (κ2) is 6.77. The van der Waals surface area contributed by atoms with E-state index < -0.39 is 0 Å². The maximum Gasteiger partial charge on any atom is 0.207 e. The van der Waals surface area contributed by atoms with Crippen molar-refractivity contribution in [2.75, 3.05) is 7.05 Å². The molecule has 1 rings (SSSR count). The summed E-state index contributed by atoms with van der Waals surface area (Å²) in [5, 5.41) is 9.35. The molecule has 1 aromatic rings. The Morgan fingerprint density at radius 1 is 1.61 bits per heavy atom. The van der Waals surface area contributed by atoms with E-state index in [9.17, 15) is 0 Å². The van der Waals surface area contributed by atoms with Crippen molar-refractivity contribution in [2.45, 2.75) is 26.3 Å². The molecule has 1 atom stereocenters. The monoisotopic (exact) mass is 327 g/mol. The van der Waals surface area contributed by atoms with Crippen molar-refractivity contribution in [3.8, 4) is 6.19 Å². The average Bonchev–Trinajstić information content (AvgIpc) is 2.37. The Kier molecular flexibility index (Phi) is 5.64. The summed E-state index contributed by atoms with van der Waals surface area (Å²) in [6, 6.07) is 5.96. The van der Waals surface area contributed by atoms with Crippen molar-refractivity contribution in [3.05, 3.63) is 33.3 Å². The average molecular weight is 329 g/mol. The van der Waals surface area contributed by atoms with Crippen LogP contribution in [0.15, 0.2) is 27.7 Å². The highest BCUT2D eigenvalue weighted by molar-refractivity contribution is 9.10. The van der Waals surface area contributed by atoms with Crippen LogP contribution in [0.1, 0.15) is 31.9 Å². The Balaban J connectivity index is 2.99. The van der Waals surface area contributed by atoms with E-state index in [-0.39, 0.29) is 6.04 Å². The first-order chi connectivity index (χ1) is 8.51. The molecule has 0 saturated heterocycles. The molecular formula is C13H15BrClN3. The Morgan fingerprint density at radius 3 is 2.78 bits per heavy atom. The van der Waals surface area contributed by atoms with Gasteiger partial charge in [0.25, 0.3) is 0 Å². The van der Waals surface area contributed by atoms with Crippen LogP contribution in [0.4, 0.5) is 0 Å². The molecule has 0 amide bonds. The van der Waals surface area contributed by atoms with E-state index in [1.807, 2.05) is 43.3 Å². The number of rotatable bonds is 3. The van der Waals surface area contributed by atoms with Crippen molar-refractivity contribution in [2.24, 2.45) is 4.99 Å². The number of halogens is 2. The normalized spacial score (nSPS) is 13.0. The molecule has 0 radical (unpaired) electrons. The molecule has 0 aliphatic carbocycles. The largest absolute Gasteiger partial charge is 0.356 e. The minimum atomic E-state index is 0.130. The fourth-order valence-corrected chi connectivity index (χ4v) is 2.20. The van der Waals surface area contributed by atoms with Gasteiger partial charge in [0.05, 0.1) is 11.1 Å². The highest BCUT2D eigenvalue weighted by atomic mass is 79.9. The summed E-state index contributed by atoms with van der Waals surface area (Å²) >= 11 is 9.39. The SMILES string of the molecule is CCC(=NC#N)N(C)C(C)c1ccc(Cl)c(Br)c1. The van der Waals surface area contributed by atoms with Crippen LogP contribution in [-0.2, 0) is 0 Å². The van der Waals surface area contributed by atoms with E-state index in [1.165, 1.54) is 0 Å². The van der Waals surface area contributed by atoms with Gasteiger partial charge in [0.1, 0.15) is 5.84 Å². The molecule has 0 bridgehead atoms. The number of aliphatic imine (C=N–C) groups is 1. The molecule has 0 heterocycles. The molecule has 1 aromatic carbocycles. The third-order valence-corrected chi connectivity index (χ3v) is 4.12. The fourth-order valence-electron chi connectivity index (χ4n) is 1.68. The van der Waals surface area contributed by atoms with Crippen molar-refractivity contribution < 1.29 is 0 Å². The minimum absolute atomic E-state index is 0.130. The first kappa shape index (κ1) is 15.0. The summed E-state index contributed by atoms with van der Waals surface area (Å²) in [4.78, 5) is 5.84. The predicted molar refractivity (Wildman–Crippen MR) is 78.7 cm³/mol. The van der Waals surface area contributed by atoms with Gasteiger partial charge < -0.3 is 4.90 Å². The maximum absolute atomic E-state index is 8.66. The molecule has 96 valence electrons. The molecule has 18 heavy (non-hydrogen) atoms. The topological polar surface area (TPSA) is 39.4 Å². The third kappa shape index (κ3) is 3.47. The quantitative estimate of drug-likeness (QED) is 0.469. The zero-order chi connectivity index (χ0) is 13.7. The van der Waals surface area contributed by atoms with Crippen molar-refractivity contribution in [1.82, 2.24) is 4.90 Å². The molecule has 3 nitrogen and oxygen atoms in total. The predicted octanol–water partition coefficient (Wildman–Crippen LogP) is 4.38. The van der Waals surface area contributed by atoms with E-state index in [4.69, 9.17) is 16.9 Å². The van der Waals surface area contributed by atoms with Crippen molar-refractivity contribution >= 4 is 33.4 Å². The van der Waals surface area contributed by atoms with Gasteiger partial charge in [0.15, 0.2) is 0 Å². The number of nitrogens with zero attached hydrogens (tertiary/aromatic N) is 3. The van der Waals surface area contributed by atoms with Crippen LogP contribution in [-0.4, -0.2) is 17.8 Å². The first-order valence-corrected chi connectivity index (χ1v) is 6.81. The van der Waals surface area contributed by atoms with Crippen LogP contribution in [0.25, 0.3) is 0 Å². The minimum Gasteiger partial charge on any atom is -0.356 e. The number of nitriles is 1. The molecular weight excluding hydrogens is 314 g/mol. The van der Waals surface area contributed by atoms with Gasteiger partial charge in [0.2, 0.25) is 6.19 Å². The number of benzene rings is 1. The summed E-state index contributed by atoms with van der Waals surface area (Å²) in [6.07, 6.45) is 2.57. The molecule has 1 unspecified atom stereocenters.